The van der Waals surface area contributed by atoms with Crippen molar-refractivity contribution in [2.24, 2.45) is 5.73 Å². The first-order valence-corrected chi connectivity index (χ1v) is 6.33. The zero-order valence-electron chi connectivity index (χ0n) is 10.5. The molecule has 1 saturated heterocycles. The number of aliphatic hydroxyl groups excluding tert-OH is 1. The second-order valence-corrected chi connectivity index (χ2v) is 4.33. The van der Waals surface area contributed by atoms with Crippen molar-refractivity contribution in [3.63, 3.8) is 0 Å². The highest BCUT2D eigenvalue weighted by atomic mass is 16.5. The summed E-state index contributed by atoms with van der Waals surface area (Å²) >= 11 is 0. The van der Waals surface area contributed by atoms with Gasteiger partial charge in [-0.15, -0.1) is 0 Å². The molecule has 0 aromatic carbocycles. The number of ether oxygens (including phenoxy) is 1. The quantitative estimate of drug-likeness (QED) is 0.762. The van der Waals surface area contributed by atoms with Crippen LogP contribution in [0.4, 0.5) is 5.95 Å². The minimum Gasteiger partial charge on any atom is -0.394 e. The van der Waals surface area contributed by atoms with Crippen LogP contribution in [-0.4, -0.2) is 47.5 Å². The van der Waals surface area contributed by atoms with Crippen molar-refractivity contribution in [3.05, 3.63) is 18.0 Å². The molecule has 0 saturated carbocycles. The largest absolute Gasteiger partial charge is 0.394 e. The minimum atomic E-state index is 0.0852. The van der Waals surface area contributed by atoms with Crippen LogP contribution in [0.1, 0.15) is 18.5 Å². The van der Waals surface area contributed by atoms with Gasteiger partial charge in [-0.25, -0.2) is 9.97 Å². The molecule has 0 amide bonds. The van der Waals surface area contributed by atoms with E-state index in [1.807, 2.05) is 6.07 Å². The number of nitrogens with two attached hydrogens (primary N) is 1. The summed E-state index contributed by atoms with van der Waals surface area (Å²) < 4.78 is 5.52. The Labute approximate surface area is 107 Å². The molecule has 0 unspecified atom stereocenters. The summed E-state index contributed by atoms with van der Waals surface area (Å²) in [6.45, 7) is 2.70. The second kappa shape index (κ2) is 6.63. The molecule has 2 heterocycles. The first kappa shape index (κ1) is 13.2. The van der Waals surface area contributed by atoms with E-state index < -0.39 is 0 Å². The summed E-state index contributed by atoms with van der Waals surface area (Å²) in [7, 11) is 0. The smallest absolute Gasteiger partial charge is 0.225 e. The van der Waals surface area contributed by atoms with E-state index in [1.54, 1.807) is 6.20 Å². The minimum absolute atomic E-state index is 0.0852. The lowest BCUT2D eigenvalue weighted by molar-refractivity contribution is 0.0157. The number of anilines is 1. The number of aliphatic hydroxyl groups is 1. The summed E-state index contributed by atoms with van der Waals surface area (Å²) in [4.78, 5) is 10.8. The normalized spacial score (nSPS) is 17.1. The van der Waals surface area contributed by atoms with Crippen LogP contribution in [0.3, 0.4) is 0 Å². The summed E-state index contributed by atoms with van der Waals surface area (Å²) in [6, 6.07) is 1.83. The maximum atomic E-state index is 8.72. The van der Waals surface area contributed by atoms with E-state index in [4.69, 9.17) is 15.6 Å². The summed E-state index contributed by atoms with van der Waals surface area (Å²) in [6.07, 6.45) is 3.87. The Bertz CT molecular complexity index is 367. The SMILES string of the molecule is NCc1ccnc(N2CCC(OCCO)CC2)n1. The summed E-state index contributed by atoms with van der Waals surface area (Å²) in [5.74, 6) is 0.749. The standard InChI is InChI=1S/C12H20N4O2/c13-9-10-1-4-14-12(15-10)16-5-2-11(3-6-16)18-8-7-17/h1,4,11,17H,2-3,5-9,13H2. The predicted octanol–water partition coefficient (Wildman–Crippen LogP) is -0.0870. The van der Waals surface area contributed by atoms with E-state index in [2.05, 4.69) is 14.9 Å². The fourth-order valence-corrected chi connectivity index (χ4v) is 2.09. The molecule has 18 heavy (non-hydrogen) atoms. The van der Waals surface area contributed by atoms with Crippen LogP contribution in [0, 0.1) is 0 Å². The van der Waals surface area contributed by atoms with Crippen LogP contribution in [0.25, 0.3) is 0 Å². The van der Waals surface area contributed by atoms with E-state index in [-0.39, 0.29) is 12.7 Å². The van der Waals surface area contributed by atoms with Gasteiger partial charge >= 0.3 is 0 Å². The Morgan fingerprint density at radius 3 is 2.89 bits per heavy atom. The Kier molecular flexibility index (Phi) is 4.86. The lowest BCUT2D eigenvalue weighted by atomic mass is 10.1. The molecule has 0 bridgehead atoms. The van der Waals surface area contributed by atoms with Crippen LogP contribution in [0.2, 0.25) is 0 Å². The lowest BCUT2D eigenvalue weighted by Gasteiger charge is -2.31. The first-order chi connectivity index (χ1) is 8.83. The average molecular weight is 252 g/mol. The van der Waals surface area contributed by atoms with E-state index in [9.17, 15) is 0 Å². The van der Waals surface area contributed by atoms with Gasteiger partial charge in [0.1, 0.15) is 0 Å². The topological polar surface area (TPSA) is 84.5 Å². The van der Waals surface area contributed by atoms with Crippen LogP contribution < -0.4 is 10.6 Å². The van der Waals surface area contributed by atoms with Gasteiger partial charge < -0.3 is 20.5 Å². The van der Waals surface area contributed by atoms with Crippen molar-refractivity contribution in [2.75, 3.05) is 31.2 Å². The van der Waals surface area contributed by atoms with Crippen molar-refractivity contribution in [1.29, 1.82) is 0 Å². The number of nitrogens with zero attached hydrogens (tertiary/aromatic N) is 3. The third kappa shape index (κ3) is 3.38. The molecule has 1 aromatic heterocycles. The molecule has 3 N–H and O–H groups in total. The molecular weight excluding hydrogens is 232 g/mol. The van der Waals surface area contributed by atoms with Crippen LogP contribution in [0.5, 0.6) is 0 Å². The molecule has 0 aliphatic carbocycles. The zero-order chi connectivity index (χ0) is 12.8. The van der Waals surface area contributed by atoms with Gasteiger partial charge in [-0.1, -0.05) is 0 Å². The molecule has 1 aromatic rings. The fourth-order valence-electron chi connectivity index (χ4n) is 2.09. The number of hydrogen-bond donors (Lipinski definition) is 2. The van der Waals surface area contributed by atoms with E-state index in [1.165, 1.54) is 0 Å². The third-order valence-electron chi connectivity index (χ3n) is 3.08. The van der Waals surface area contributed by atoms with Crippen LogP contribution in [-0.2, 0) is 11.3 Å². The van der Waals surface area contributed by atoms with Gasteiger partial charge in [-0.2, -0.15) is 0 Å². The molecule has 1 aliphatic heterocycles. The fraction of sp³-hybridized carbons (Fsp3) is 0.667. The van der Waals surface area contributed by atoms with Crippen molar-refractivity contribution < 1.29 is 9.84 Å². The average Bonchev–Trinajstić information content (AvgIpc) is 2.46. The van der Waals surface area contributed by atoms with E-state index >= 15 is 0 Å². The molecule has 6 nitrogen and oxygen atoms in total. The van der Waals surface area contributed by atoms with Gasteiger partial charge in [0.05, 0.1) is 25.0 Å². The molecule has 1 fully saturated rings. The highest BCUT2D eigenvalue weighted by Gasteiger charge is 2.21. The van der Waals surface area contributed by atoms with Gasteiger partial charge in [-0.05, 0) is 18.9 Å². The monoisotopic (exact) mass is 252 g/mol. The first-order valence-electron chi connectivity index (χ1n) is 6.33. The molecule has 1 aliphatic rings. The maximum Gasteiger partial charge on any atom is 0.225 e. The van der Waals surface area contributed by atoms with Crippen LogP contribution in [0.15, 0.2) is 12.3 Å². The summed E-state index contributed by atoms with van der Waals surface area (Å²) in [5, 5.41) is 8.72. The summed E-state index contributed by atoms with van der Waals surface area (Å²) in [5.41, 5.74) is 6.43. The van der Waals surface area contributed by atoms with Gasteiger partial charge in [0.2, 0.25) is 5.95 Å². The maximum absolute atomic E-state index is 8.72. The van der Waals surface area contributed by atoms with Gasteiger partial charge in [0, 0.05) is 25.8 Å². The van der Waals surface area contributed by atoms with Crippen LogP contribution >= 0.6 is 0 Å². The number of aromatic nitrogens is 2. The Morgan fingerprint density at radius 2 is 2.22 bits per heavy atom. The van der Waals surface area contributed by atoms with E-state index in [0.29, 0.717) is 13.2 Å². The highest BCUT2D eigenvalue weighted by molar-refractivity contribution is 5.30. The molecule has 0 spiro atoms. The van der Waals surface area contributed by atoms with Crippen molar-refractivity contribution in [2.45, 2.75) is 25.5 Å². The molecule has 0 radical (unpaired) electrons. The zero-order valence-corrected chi connectivity index (χ0v) is 10.5. The number of hydrogen-bond acceptors (Lipinski definition) is 6. The van der Waals surface area contributed by atoms with Crippen molar-refractivity contribution >= 4 is 5.95 Å². The molecule has 100 valence electrons. The number of piperidine rings is 1. The van der Waals surface area contributed by atoms with Crippen molar-refractivity contribution in [3.8, 4) is 0 Å². The predicted molar refractivity (Wildman–Crippen MR) is 68.2 cm³/mol. The molecule has 2 rings (SSSR count). The lowest BCUT2D eigenvalue weighted by Crippen LogP contribution is -2.38. The second-order valence-electron chi connectivity index (χ2n) is 4.33. The highest BCUT2D eigenvalue weighted by Crippen LogP contribution is 2.18. The molecule has 0 atom stereocenters. The van der Waals surface area contributed by atoms with Crippen molar-refractivity contribution in [1.82, 2.24) is 9.97 Å². The molecular formula is C12H20N4O2. The Balaban J connectivity index is 1.88. The molecule has 6 heteroatoms. The van der Waals surface area contributed by atoms with Gasteiger partial charge in [-0.3, -0.25) is 0 Å². The third-order valence-corrected chi connectivity index (χ3v) is 3.08. The number of rotatable bonds is 5. The Morgan fingerprint density at radius 1 is 1.44 bits per heavy atom. The Hall–Kier alpha value is -1.24. The van der Waals surface area contributed by atoms with E-state index in [0.717, 1.165) is 37.6 Å². The van der Waals surface area contributed by atoms with Gasteiger partial charge in [0.25, 0.3) is 0 Å². The van der Waals surface area contributed by atoms with Gasteiger partial charge in [0.15, 0.2) is 0 Å².